The summed E-state index contributed by atoms with van der Waals surface area (Å²) in [5.74, 6) is 0.706. The van der Waals surface area contributed by atoms with Crippen LogP contribution in [-0.2, 0) is 0 Å². The Kier molecular flexibility index (Phi) is 1.79. The van der Waals surface area contributed by atoms with Gasteiger partial charge in [-0.3, -0.25) is 14.4 Å². The minimum atomic E-state index is 0.600. The number of hydrogen-bond acceptors (Lipinski definition) is 5. The first-order valence-corrected chi connectivity index (χ1v) is 4.70. The van der Waals surface area contributed by atoms with Gasteiger partial charge >= 0.3 is 0 Å². The summed E-state index contributed by atoms with van der Waals surface area (Å²) in [7, 11) is 0. The maximum Gasteiger partial charge on any atom is 0.179 e. The van der Waals surface area contributed by atoms with E-state index in [1.165, 1.54) is 0 Å². The van der Waals surface area contributed by atoms with Crippen LogP contribution in [0.2, 0.25) is 0 Å². The van der Waals surface area contributed by atoms with Gasteiger partial charge in [-0.05, 0) is 6.07 Å². The van der Waals surface area contributed by atoms with Crippen LogP contribution >= 0.6 is 0 Å². The van der Waals surface area contributed by atoms with E-state index in [9.17, 15) is 0 Å². The van der Waals surface area contributed by atoms with Crippen LogP contribution < -0.4 is 5.73 Å². The van der Waals surface area contributed by atoms with Gasteiger partial charge in [0.15, 0.2) is 11.5 Å². The number of hydrogen-bond donors (Lipinski definition) is 1. The number of fused-ring (bicyclic) bond motifs is 1. The van der Waals surface area contributed by atoms with Crippen LogP contribution in [0.5, 0.6) is 0 Å². The SMILES string of the molecule is Nc1cncc(-c2nnc3cnccn23)c1. The maximum absolute atomic E-state index is 5.68. The maximum atomic E-state index is 5.68. The molecule has 3 aromatic rings. The van der Waals surface area contributed by atoms with Crippen molar-refractivity contribution in [1.82, 2.24) is 24.6 Å². The molecule has 0 spiro atoms. The fraction of sp³-hybridized carbons (Fsp3) is 0. The highest BCUT2D eigenvalue weighted by atomic mass is 15.2. The fourth-order valence-corrected chi connectivity index (χ4v) is 1.53. The number of nitrogens with zero attached hydrogens (tertiary/aromatic N) is 5. The van der Waals surface area contributed by atoms with Gasteiger partial charge in [-0.2, -0.15) is 0 Å². The first-order valence-electron chi connectivity index (χ1n) is 4.70. The molecule has 3 rings (SSSR count). The molecule has 0 atom stereocenters. The van der Waals surface area contributed by atoms with Crippen LogP contribution in [0.15, 0.2) is 37.1 Å². The zero-order valence-corrected chi connectivity index (χ0v) is 8.28. The number of anilines is 1. The molecule has 0 aliphatic heterocycles. The molecule has 6 heteroatoms. The average Bonchev–Trinajstić information content (AvgIpc) is 2.72. The van der Waals surface area contributed by atoms with Gasteiger partial charge in [0, 0.05) is 30.4 Å². The van der Waals surface area contributed by atoms with Gasteiger partial charge in [0.1, 0.15) is 0 Å². The number of nitrogen functional groups attached to an aromatic ring is 1. The van der Waals surface area contributed by atoms with Gasteiger partial charge in [-0.15, -0.1) is 10.2 Å². The molecule has 3 aromatic heterocycles. The van der Waals surface area contributed by atoms with Crippen molar-refractivity contribution in [3.63, 3.8) is 0 Å². The largest absolute Gasteiger partial charge is 0.397 e. The highest BCUT2D eigenvalue weighted by Gasteiger charge is 2.07. The standard InChI is InChI=1S/C10H8N6/c11-8-3-7(4-13-5-8)10-15-14-9-6-12-1-2-16(9)10/h1-6H,11H2. The number of aromatic nitrogens is 5. The molecule has 2 N–H and O–H groups in total. The molecule has 0 radical (unpaired) electrons. The van der Waals surface area contributed by atoms with E-state index in [1.807, 2.05) is 10.5 Å². The number of nitrogens with two attached hydrogens (primary N) is 1. The van der Waals surface area contributed by atoms with Crippen molar-refractivity contribution >= 4 is 11.3 Å². The van der Waals surface area contributed by atoms with Gasteiger partial charge in [-0.25, -0.2) is 0 Å². The molecule has 0 saturated heterocycles. The van der Waals surface area contributed by atoms with E-state index in [0.717, 1.165) is 5.56 Å². The quantitative estimate of drug-likeness (QED) is 0.644. The van der Waals surface area contributed by atoms with Crippen LogP contribution in [0.4, 0.5) is 5.69 Å². The summed E-state index contributed by atoms with van der Waals surface area (Å²) in [5.41, 5.74) is 7.80. The van der Waals surface area contributed by atoms with Crippen molar-refractivity contribution in [1.29, 1.82) is 0 Å². The predicted molar refractivity (Wildman–Crippen MR) is 58.4 cm³/mol. The van der Waals surface area contributed by atoms with Crippen molar-refractivity contribution in [2.75, 3.05) is 5.73 Å². The fourth-order valence-electron chi connectivity index (χ4n) is 1.53. The molecular weight excluding hydrogens is 204 g/mol. The summed E-state index contributed by atoms with van der Waals surface area (Å²) < 4.78 is 1.84. The normalized spacial score (nSPS) is 10.8. The van der Waals surface area contributed by atoms with E-state index in [0.29, 0.717) is 17.2 Å². The molecule has 3 heterocycles. The number of rotatable bonds is 1. The van der Waals surface area contributed by atoms with Crippen LogP contribution in [0.3, 0.4) is 0 Å². The summed E-state index contributed by atoms with van der Waals surface area (Å²) in [6.07, 6.45) is 8.42. The monoisotopic (exact) mass is 212 g/mol. The Labute approximate surface area is 90.8 Å². The van der Waals surface area contributed by atoms with E-state index >= 15 is 0 Å². The number of pyridine rings is 1. The molecule has 0 amide bonds. The van der Waals surface area contributed by atoms with Crippen LogP contribution in [-0.4, -0.2) is 24.6 Å². The third-order valence-electron chi connectivity index (χ3n) is 2.23. The Morgan fingerprint density at radius 1 is 1.06 bits per heavy atom. The van der Waals surface area contributed by atoms with Gasteiger partial charge < -0.3 is 5.73 Å². The Balaban J connectivity index is 2.26. The highest BCUT2D eigenvalue weighted by molar-refractivity contribution is 5.61. The molecule has 78 valence electrons. The van der Waals surface area contributed by atoms with E-state index in [1.54, 1.807) is 31.0 Å². The molecule has 16 heavy (non-hydrogen) atoms. The van der Waals surface area contributed by atoms with Gasteiger partial charge in [0.2, 0.25) is 0 Å². The third-order valence-corrected chi connectivity index (χ3v) is 2.23. The Hall–Kier alpha value is -2.50. The predicted octanol–water partition coefficient (Wildman–Crippen LogP) is 0.768. The smallest absolute Gasteiger partial charge is 0.179 e. The van der Waals surface area contributed by atoms with Crippen molar-refractivity contribution < 1.29 is 0 Å². The Bertz CT molecular complexity index is 644. The van der Waals surface area contributed by atoms with Crippen LogP contribution in [0.25, 0.3) is 17.0 Å². The molecule has 0 saturated carbocycles. The van der Waals surface area contributed by atoms with E-state index < -0.39 is 0 Å². The summed E-state index contributed by atoms with van der Waals surface area (Å²) >= 11 is 0. The zero-order chi connectivity index (χ0) is 11.0. The van der Waals surface area contributed by atoms with E-state index in [-0.39, 0.29) is 0 Å². The molecule has 0 aliphatic rings. The lowest BCUT2D eigenvalue weighted by atomic mass is 10.2. The Morgan fingerprint density at radius 3 is 2.88 bits per heavy atom. The van der Waals surface area contributed by atoms with Crippen molar-refractivity contribution in [2.45, 2.75) is 0 Å². The average molecular weight is 212 g/mol. The second-order valence-corrected chi connectivity index (χ2v) is 3.34. The molecular formula is C10H8N6. The lowest BCUT2D eigenvalue weighted by Gasteiger charge is -1.99. The van der Waals surface area contributed by atoms with Crippen molar-refractivity contribution in [3.05, 3.63) is 37.1 Å². The Morgan fingerprint density at radius 2 is 2.00 bits per heavy atom. The lowest BCUT2D eigenvalue weighted by molar-refractivity contribution is 1.10. The minimum absolute atomic E-state index is 0.600. The first-order chi connectivity index (χ1) is 7.84. The van der Waals surface area contributed by atoms with Gasteiger partial charge in [0.05, 0.1) is 11.9 Å². The zero-order valence-electron chi connectivity index (χ0n) is 8.28. The van der Waals surface area contributed by atoms with E-state index in [2.05, 4.69) is 20.2 Å². The summed E-state index contributed by atoms with van der Waals surface area (Å²) in [5, 5.41) is 8.09. The summed E-state index contributed by atoms with van der Waals surface area (Å²) in [4.78, 5) is 8.00. The topological polar surface area (TPSA) is 82.0 Å². The van der Waals surface area contributed by atoms with Crippen molar-refractivity contribution in [2.24, 2.45) is 0 Å². The highest BCUT2D eigenvalue weighted by Crippen LogP contribution is 2.18. The molecule has 0 aromatic carbocycles. The first kappa shape index (κ1) is 8.78. The molecule has 0 bridgehead atoms. The van der Waals surface area contributed by atoms with Gasteiger partial charge in [0.25, 0.3) is 0 Å². The van der Waals surface area contributed by atoms with Gasteiger partial charge in [-0.1, -0.05) is 0 Å². The molecule has 0 aliphatic carbocycles. The summed E-state index contributed by atoms with van der Waals surface area (Å²) in [6, 6.07) is 1.81. The second-order valence-electron chi connectivity index (χ2n) is 3.34. The summed E-state index contributed by atoms with van der Waals surface area (Å²) in [6.45, 7) is 0. The molecule has 0 unspecified atom stereocenters. The van der Waals surface area contributed by atoms with Crippen molar-refractivity contribution in [3.8, 4) is 11.4 Å². The molecule has 0 fully saturated rings. The molecule has 6 nitrogen and oxygen atoms in total. The lowest BCUT2D eigenvalue weighted by Crippen LogP contribution is -1.92. The second kappa shape index (κ2) is 3.27. The van der Waals surface area contributed by atoms with Crippen LogP contribution in [0, 0.1) is 0 Å². The van der Waals surface area contributed by atoms with E-state index in [4.69, 9.17) is 5.73 Å². The third kappa shape index (κ3) is 1.28. The van der Waals surface area contributed by atoms with Crippen LogP contribution in [0.1, 0.15) is 0 Å². The minimum Gasteiger partial charge on any atom is -0.397 e.